The van der Waals surface area contributed by atoms with Crippen molar-refractivity contribution in [1.29, 1.82) is 0 Å². The third-order valence-electron chi connectivity index (χ3n) is 6.36. The fourth-order valence-corrected chi connectivity index (χ4v) is 4.68. The molecule has 1 fully saturated rings. The van der Waals surface area contributed by atoms with Crippen LogP contribution in [0.25, 0.3) is 16.8 Å². The number of nitrogens with two attached hydrogens (primary N) is 1. The lowest BCUT2D eigenvalue weighted by Gasteiger charge is -2.21. The van der Waals surface area contributed by atoms with Gasteiger partial charge in [-0.1, -0.05) is 18.1 Å². The van der Waals surface area contributed by atoms with Crippen molar-refractivity contribution >= 4 is 29.0 Å². The Bertz CT molecular complexity index is 1570. The number of ether oxygens (including phenoxy) is 1. The van der Waals surface area contributed by atoms with E-state index in [4.69, 9.17) is 15.5 Å². The molecule has 1 aliphatic heterocycles. The molecule has 1 aromatic carbocycles. The summed E-state index contributed by atoms with van der Waals surface area (Å²) >= 11 is 0. The molecule has 10 nitrogen and oxygen atoms in total. The maximum atomic E-state index is 12.8. The zero-order valence-corrected chi connectivity index (χ0v) is 21.1. The number of nitrogens with zero attached hydrogens (tertiary/aromatic N) is 5. The van der Waals surface area contributed by atoms with E-state index < -0.39 is 0 Å². The number of fused-ring (bicyclic) bond motifs is 1. The molecule has 0 bridgehead atoms. The molecule has 1 atom stereocenters. The number of nitrogen functional groups attached to an aromatic ring is 1. The van der Waals surface area contributed by atoms with Gasteiger partial charge >= 0.3 is 0 Å². The van der Waals surface area contributed by atoms with Crippen LogP contribution in [0.3, 0.4) is 0 Å². The molecule has 4 aromatic rings. The molecule has 38 heavy (non-hydrogen) atoms. The molecule has 2 amide bonds. The van der Waals surface area contributed by atoms with E-state index in [1.54, 1.807) is 54.7 Å². The Balaban J connectivity index is 1.45. The van der Waals surface area contributed by atoms with Crippen LogP contribution in [0.1, 0.15) is 48.9 Å². The molecule has 3 N–H and O–H groups in total. The molecule has 10 heteroatoms. The van der Waals surface area contributed by atoms with E-state index in [1.165, 1.54) is 0 Å². The molecular weight excluding hydrogens is 482 g/mol. The van der Waals surface area contributed by atoms with Gasteiger partial charge in [-0.3, -0.25) is 14.0 Å². The first-order valence-electron chi connectivity index (χ1n) is 12.4. The van der Waals surface area contributed by atoms with Gasteiger partial charge in [-0.05, 0) is 50.8 Å². The molecule has 0 spiro atoms. The molecule has 0 unspecified atom stereocenters. The van der Waals surface area contributed by atoms with Crippen LogP contribution in [0.2, 0.25) is 0 Å². The average Bonchev–Trinajstić information content (AvgIpc) is 3.55. The lowest BCUT2D eigenvalue weighted by Crippen LogP contribution is -2.30. The predicted octanol–water partition coefficient (Wildman–Crippen LogP) is 3.71. The minimum absolute atomic E-state index is 0.216. The molecule has 3 aromatic heterocycles. The van der Waals surface area contributed by atoms with Crippen molar-refractivity contribution in [1.82, 2.24) is 24.3 Å². The Labute approximate surface area is 219 Å². The number of aromatic nitrogens is 4. The lowest BCUT2D eigenvalue weighted by molar-refractivity contribution is -0.126. The van der Waals surface area contributed by atoms with E-state index in [-0.39, 0.29) is 17.9 Å². The number of carbonyl (C=O) groups is 2. The molecule has 0 radical (unpaired) electrons. The second-order valence-corrected chi connectivity index (χ2v) is 8.72. The molecular formula is C28H27N7O3. The van der Waals surface area contributed by atoms with Gasteiger partial charge in [0, 0.05) is 42.3 Å². The number of amides is 2. The molecule has 4 heterocycles. The van der Waals surface area contributed by atoms with Crippen LogP contribution in [-0.2, 0) is 4.79 Å². The average molecular weight is 510 g/mol. The molecule has 1 aliphatic rings. The van der Waals surface area contributed by atoms with Gasteiger partial charge < -0.3 is 20.7 Å². The summed E-state index contributed by atoms with van der Waals surface area (Å²) in [7, 11) is 0. The van der Waals surface area contributed by atoms with Gasteiger partial charge in [0.05, 0.1) is 12.6 Å². The van der Waals surface area contributed by atoms with Crippen molar-refractivity contribution in [3.8, 4) is 28.8 Å². The third-order valence-corrected chi connectivity index (χ3v) is 6.36. The van der Waals surface area contributed by atoms with E-state index in [0.717, 1.165) is 18.4 Å². The van der Waals surface area contributed by atoms with Gasteiger partial charge in [-0.15, -0.1) is 0 Å². The van der Waals surface area contributed by atoms with E-state index in [2.05, 4.69) is 27.1 Å². The van der Waals surface area contributed by atoms with Crippen LogP contribution in [0.4, 0.5) is 11.6 Å². The first-order valence-corrected chi connectivity index (χ1v) is 12.4. The van der Waals surface area contributed by atoms with E-state index in [0.29, 0.717) is 53.1 Å². The topological polar surface area (TPSA) is 128 Å². The predicted molar refractivity (Wildman–Crippen MR) is 143 cm³/mol. The fraction of sp³-hybridized carbons (Fsp3) is 0.250. The van der Waals surface area contributed by atoms with Crippen molar-refractivity contribution < 1.29 is 14.3 Å². The first kappa shape index (κ1) is 24.8. The molecule has 192 valence electrons. The molecule has 0 saturated carbocycles. The van der Waals surface area contributed by atoms with Crippen LogP contribution in [-0.4, -0.2) is 49.2 Å². The smallest absolute Gasteiger partial charge is 0.299 e. The number of benzene rings is 1. The Morgan fingerprint density at radius 1 is 1.18 bits per heavy atom. The number of imidazole rings is 1. The maximum Gasteiger partial charge on any atom is 0.299 e. The number of hydrogen-bond donors (Lipinski definition) is 2. The van der Waals surface area contributed by atoms with Crippen LogP contribution in [0.5, 0.6) is 5.75 Å². The van der Waals surface area contributed by atoms with Gasteiger partial charge in [-0.25, -0.2) is 15.0 Å². The monoisotopic (exact) mass is 509 g/mol. The van der Waals surface area contributed by atoms with Crippen LogP contribution < -0.4 is 15.8 Å². The summed E-state index contributed by atoms with van der Waals surface area (Å²) in [6, 6.07) is 10.3. The molecule has 0 aliphatic carbocycles. The fourth-order valence-electron chi connectivity index (χ4n) is 4.68. The zero-order valence-electron chi connectivity index (χ0n) is 21.1. The number of nitrogens with one attached hydrogen (secondary N) is 1. The Morgan fingerprint density at radius 2 is 2.00 bits per heavy atom. The Hall–Kier alpha value is -4.91. The summed E-state index contributed by atoms with van der Waals surface area (Å²) in [4.78, 5) is 40.6. The summed E-state index contributed by atoms with van der Waals surface area (Å²) in [5.74, 6) is 6.88. The third kappa shape index (κ3) is 4.74. The van der Waals surface area contributed by atoms with Gasteiger partial charge in [0.25, 0.3) is 11.8 Å². The highest BCUT2D eigenvalue weighted by Gasteiger charge is 2.33. The second kappa shape index (κ2) is 10.6. The number of carbonyl (C=O) groups excluding carboxylic acids is 2. The second-order valence-electron chi connectivity index (χ2n) is 8.72. The van der Waals surface area contributed by atoms with Crippen molar-refractivity contribution in [2.75, 3.05) is 24.2 Å². The highest BCUT2D eigenvalue weighted by molar-refractivity contribution is 6.04. The largest absolute Gasteiger partial charge is 0.494 e. The number of likely N-dealkylation sites (tertiary alicyclic amines) is 1. The summed E-state index contributed by atoms with van der Waals surface area (Å²) in [5.41, 5.74) is 8.80. The Morgan fingerprint density at radius 3 is 2.76 bits per heavy atom. The number of anilines is 2. The summed E-state index contributed by atoms with van der Waals surface area (Å²) < 4.78 is 7.36. The van der Waals surface area contributed by atoms with E-state index in [1.807, 2.05) is 23.5 Å². The van der Waals surface area contributed by atoms with Crippen molar-refractivity contribution in [3.63, 3.8) is 0 Å². The number of rotatable bonds is 6. The Kier molecular flexibility index (Phi) is 6.91. The van der Waals surface area contributed by atoms with Crippen LogP contribution in [0, 0.1) is 11.8 Å². The summed E-state index contributed by atoms with van der Waals surface area (Å²) in [6.07, 6.45) is 6.63. The van der Waals surface area contributed by atoms with Crippen molar-refractivity contribution in [3.05, 3.63) is 66.4 Å². The normalized spacial score (nSPS) is 14.7. The first-order chi connectivity index (χ1) is 18.5. The van der Waals surface area contributed by atoms with E-state index >= 15 is 0 Å². The van der Waals surface area contributed by atoms with Crippen LogP contribution in [0.15, 0.2) is 55.0 Å². The van der Waals surface area contributed by atoms with Gasteiger partial charge in [0.15, 0.2) is 0 Å². The van der Waals surface area contributed by atoms with Gasteiger partial charge in [0.2, 0.25) is 0 Å². The summed E-state index contributed by atoms with van der Waals surface area (Å²) in [5, 5.41) is 2.79. The minimum atomic E-state index is -0.300. The zero-order chi connectivity index (χ0) is 26.6. The number of pyridine rings is 1. The maximum absolute atomic E-state index is 12.8. The van der Waals surface area contributed by atoms with Gasteiger partial charge in [-0.2, -0.15) is 0 Å². The van der Waals surface area contributed by atoms with Crippen LogP contribution >= 0.6 is 0 Å². The molecule has 1 saturated heterocycles. The van der Waals surface area contributed by atoms with E-state index in [9.17, 15) is 9.59 Å². The SMILES string of the molecule is CC#CC(=O)N1CCC[C@H]1c1nc(-c2ccc(C(=O)Nc3cc(OCC)ccn3)cc2)c2c(N)nccn12. The highest BCUT2D eigenvalue weighted by atomic mass is 16.5. The highest BCUT2D eigenvalue weighted by Crippen LogP contribution is 2.36. The lowest BCUT2D eigenvalue weighted by atomic mass is 10.1. The number of hydrogen-bond acceptors (Lipinski definition) is 7. The standard InChI is InChI=1S/C28H27N7O3/c1-3-6-23(36)34-15-5-7-21(34)27-33-24(25-26(29)31-14-16-35(25)27)18-8-10-19(11-9-18)28(37)32-22-17-20(38-4-2)12-13-30-22/h8-14,16-17,21H,4-5,7,15H2,1-2H3,(H2,29,31)(H,30,32,37)/t21-/m0/s1. The minimum Gasteiger partial charge on any atom is -0.494 e. The summed E-state index contributed by atoms with van der Waals surface area (Å²) in [6.45, 7) is 4.68. The van der Waals surface area contributed by atoms with Crippen molar-refractivity contribution in [2.24, 2.45) is 0 Å². The molecule has 5 rings (SSSR count). The van der Waals surface area contributed by atoms with Crippen molar-refractivity contribution in [2.45, 2.75) is 32.7 Å². The van der Waals surface area contributed by atoms with Gasteiger partial charge in [0.1, 0.15) is 34.4 Å². The quantitative estimate of drug-likeness (QED) is 0.379.